The van der Waals surface area contributed by atoms with Crippen LogP contribution in [0.4, 0.5) is 0 Å². The predicted molar refractivity (Wildman–Crippen MR) is 107 cm³/mol. The van der Waals surface area contributed by atoms with Gasteiger partial charge in [0.05, 0.1) is 0 Å². The fraction of sp³-hybridized carbons (Fsp3) is 0.688. The second kappa shape index (κ2) is 10.4. The number of rotatable bonds is 6. The van der Waals surface area contributed by atoms with Crippen molar-refractivity contribution in [3.63, 3.8) is 0 Å². The van der Waals surface area contributed by atoms with E-state index >= 15 is 0 Å². The molecule has 126 valence electrons. The zero-order valence-corrected chi connectivity index (χ0v) is 17.0. The van der Waals surface area contributed by atoms with Crippen LogP contribution in [0.15, 0.2) is 21.8 Å². The van der Waals surface area contributed by atoms with E-state index in [4.69, 9.17) is 0 Å². The molecule has 1 saturated heterocycles. The van der Waals surface area contributed by atoms with E-state index in [1.807, 2.05) is 7.05 Å². The third-order valence-corrected chi connectivity index (χ3v) is 4.85. The van der Waals surface area contributed by atoms with Gasteiger partial charge in [-0.2, -0.15) is 11.3 Å². The number of aliphatic imine (C=N–C) groups is 1. The van der Waals surface area contributed by atoms with Crippen molar-refractivity contribution < 1.29 is 0 Å². The van der Waals surface area contributed by atoms with Crippen LogP contribution in [0, 0.1) is 5.92 Å². The summed E-state index contributed by atoms with van der Waals surface area (Å²) in [5.41, 5.74) is 1.31. The smallest absolute Gasteiger partial charge is 0.191 e. The molecule has 0 aromatic carbocycles. The van der Waals surface area contributed by atoms with Gasteiger partial charge in [-0.05, 0) is 54.2 Å². The Morgan fingerprint density at radius 2 is 2.05 bits per heavy atom. The SMILES string of the molecule is CN=C(NCc1ccsc1)NCC(C(C)C)N1CCCC1.I. The zero-order chi connectivity index (χ0) is 15.1. The Kier molecular flexibility index (Phi) is 9.35. The van der Waals surface area contributed by atoms with Crippen molar-refractivity contribution in [2.24, 2.45) is 10.9 Å². The van der Waals surface area contributed by atoms with Crippen LogP contribution in [0.5, 0.6) is 0 Å². The second-order valence-electron chi connectivity index (χ2n) is 5.99. The van der Waals surface area contributed by atoms with E-state index < -0.39 is 0 Å². The minimum atomic E-state index is 0. The molecule has 1 aliphatic rings. The molecule has 22 heavy (non-hydrogen) atoms. The molecule has 0 spiro atoms. The highest BCUT2D eigenvalue weighted by Crippen LogP contribution is 2.17. The topological polar surface area (TPSA) is 39.7 Å². The molecular formula is C16H29IN4S. The normalized spacial score (nSPS) is 17.4. The van der Waals surface area contributed by atoms with Crippen molar-refractivity contribution in [3.8, 4) is 0 Å². The Balaban J connectivity index is 0.00000242. The first kappa shape index (κ1) is 19.7. The quantitative estimate of drug-likeness (QED) is 0.409. The predicted octanol–water partition coefficient (Wildman–Crippen LogP) is 3.15. The molecule has 0 saturated carbocycles. The van der Waals surface area contributed by atoms with Gasteiger partial charge in [-0.1, -0.05) is 13.8 Å². The summed E-state index contributed by atoms with van der Waals surface area (Å²) in [5, 5.41) is 11.1. The summed E-state index contributed by atoms with van der Waals surface area (Å²) >= 11 is 1.73. The minimum absolute atomic E-state index is 0. The Bertz CT molecular complexity index is 427. The van der Waals surface area contributed by atoms with Crippen LogP contribution >= 0.6 is 35.3 Å². The summed E-state index contributed by atoms with van der Waals surface area (Å²) in [4.78, 5) is 6.94. The molecule has 1 aliphatic heterocycles. The first-order valence-electron chi connectivity index (χ1n) is 7.90. The number of nitrogens with one attached hydrogen (secondary N) is 2. The van der Waals surface area contributed by atoms with Crippen molar-refractivity contribution in [1.29, 1.82) is 0 Å². The summed E-state index contributed by atoms with van der Waals surface area (Å²) < 4.78 is 0. The van der Waals surface area contributed by atoms with E-state index in [1.54, 1.807) is 11.3 Å². The van der Waals surface area contributed by atoms with Crippen LogP contribution in [0.3, 0.4) is 0 Å². The number of halogens is 1. The van der Waals surface area contributed by atoms with Gasteiger partial charge < -0.3 is 10.6 Å². The lowest BCUT2D eigenvalue weighted by Crippen LogP contribution is -2.48. The molecule has 1 fully saturated rings. The lowest BCUT2D eigenvalue weighted by atomic mass is 10.0. The van der Waals surface area contributed by atoms with Gasteiger partial charge >= 0.3 is 0 Å². The maximum absolute atomic E-state index is 4.32. The molecule has 6 heteroatoms. The standard InChI is InChI=1S/C16H28N4S.HI/c1-13(2)15(20-7-4-5-8-20)11-19-16(17-3)18-10-14-6-9-21-12-14;/h6,9,12-13,15H,4-5,7-8,10-11H2,1-3H3,(H2,17,18,19);1H. The van der Waals surface area contributed by atoms with Crippen LogP contribution in [0.1, 0.15) is 32.3 Å². The molecule has 2 rings (SSSR count). The average Bonchev–Trinajstić information content (AvgIpc) is 3.15. The second-order valence-corrected chi connectivity index (χ2v) is 6.77. The highest BCUT2D eigenvalue weighted by atomic mass is 127. The first-order valence-corrected chi connectivity index (χ1v) is 8.84. The van der Waals surface area contributed by atoms with E-state index in [0.717, 1.165) is 19.0 Å². The van der Waals surface area contributed by atoms with E-state index in [2.05, 4.69) is 51.2 Å². The van der Waals surface area contributed by atoms with Crippen LogP contribution in [-0.2, 0) is 6.54 Å². The summed E-state index contributed by atoms with van der Waals surface area (Å²) in [6.45, 7) is 8.90. The van der Waals surface area contributed by atoms with Gasteiger partial charge in [0, 0.05) is 26.2 Å². The van der Waals surface area contributed by atoms with E-state index in [9.17, 15) is 0 Å². The van der Waals surface area contributed by atoms with Gasteiger partial charge in [0.1, 0.15) is 0 Å². The largest absolute Gasteiger partial charge is 0.355 e. The molecular weight excluding hydrogens is 407 g/mol. The Morgan fingerprint density at radius 1 is 1.32 bits per heavy atom. The molecule has 2 heterocycles. The van der Waals surface area contributed by atoms with Crippen LogP contribution in [-0.4, -0.2) is 43.6 Å². The molecule has 0 radical (unpaired) electrons. The Labute approximate surface area is 155 Å². The molecule has 0 bridgehead atoms. The number of hydrogen-bond donors (Lipinski definition) is 2. The van der Waals surface area contributed by atoms with Crippen molar-refractivity contribution in [3.05, 3.63) is 22.4 Å². The Hall–Kier alpha value is -0.340. The maximum Gasteiger partial charge on any atom is 0.191 e. The maximum atomic E-state index is 4.32. The van der Waals surface area contributed by atoms with Gasteiger partial charge in [0.15, 0.2) is 5.96 Å². The van der Waals surface area contributed by atoms with Gasteiger partial charge in [-0.15, -0.1) is 24.0 Å². The van der Waals surface area contributed by atoms with Gasteiger partial charge in [-0.3, -0.25) is 9.89 Å². The fourth-order valence-electron chi connectivity index (χ4n) is 2.86. The van der Waals surface area contributed by atoms with Crippen molar-refractivity contribution in [1.82, 2.24) is 15.5 Å². The lowest BCUT2D eigenvalue weighted by molar-refractivity contribution is 0.192. The number of thiophene rings is 1. The minimum Gasteiger partial charge on any atom is -0.355 e. The summed E-state index contributed by atoms with van der Waals surface area (Å²) in [5.74, 6) is 1.55. The number of hydrogen-bond acceptors (Lipinski definition) is 3. The molecule has 1 aromatic rings. The molecule has 1 atom stereocenters. The van der Waals surface area contributed by atoms with Crippen molar-refractivity contribution in [2.45, 2.75) is 39.3 Å². The molecule has 2 N–H and O–H groups in total. The number of guanidine groups is 1. The number of nitrogens with zero attached hydrogens (tertiary/aromatic N) is 2. The summed E-state index contributed by atoms with van der Waals surface area (Å²) in [6.07, 6.45) is 2.68. The molecule has 0 amide bonds. The van der Waals surface area contributed by atoms with Crippen molar-refractivity contribution in [2.75, 3.05) is 26.7 Å². The van der Waals surface area contributed by atoms with E-state index in [-0.39, 0.29) is 24.0 Å². The third kappa shape index (κ3) is 6.04. The lowest BCUT2D eigenvalue weighted by Gasteiger charge is -2.31. The van der Waals surface area contributed by atoms with Crippen LogP contribution < -0.4 is 10.6 Å². The molecule has 1 aromatic heterocycles. The van der Waals surface area contributed by atoms with Gasteiger partial charge in [0.2, 0.25) is 0 Å². The monoisotopic (exact) mass is 436 g/mol. The van der Waals surface area contributed by atoms with E-state index in [0.29, 0.717) is 12.0 Å². The summed E-state index contributed by atoms with van der Waals surface area (Å²) in [6, 6.07) is 2.73. The third-order valence-electron chi connectivity index (χ3n) is 4.12. The number of likely N-dealkylation sites (tertiary alicyclic amines) is 1. The van der Waals surface area contributed by atoms with Crippen molar-refractivity contribution >= 4 is 41.3 Å². The highest BCUT2D eigenvalue weighted by molar-refractivity contribution is 14.0. The average molecular weight is 436 g/mol. The zero-order valence-electron chi connectivity index (χ0n) is 13.8. The molecule has 1 unspecified atom stereocenters. The van der Waals surface area contributed by atoms with Gasteiger partial charge in [0.25, 0.3) is 0 Å². The summed E-state index contributed by atoms with van der Waals surface area (Å²) in [7, 11) is 1.84. The van der Waals surface area contributed by atoms with Crippen LogP contribution in [0.2, 0.25) is 0 Å². The highest BCUT2D eigenvalue weighted by Gasteiger charge is 2.24. The van der Waals surface area contributed by atoms with E-state index in [1.165, 1.54) is 31.5 Å². The molecule has 4 nitrogen and oxygen atoms in total. The Morgan fingerprint density at radius 3 is 2.59 bits per heavy atom. The molecule has 0 aliphatic carbocycles. The van der Waals surface area contributed by atoms with Gasteiger partial charge in [-0.25, -0.2) is 0 Å². The van der Waals surface area contributed by atoms with Crippen LogP contribution in [0.25, 0.3) is 0 Å². The first-order chi connectivity index (χ1) is 10.2. The fourth-order valence-corrected chi connectivity index (χ4v) is 3.53.